The van der Waals surface area contributed by atoms with Gasteiger partial charge in [-0.05, 0) is 118 Å². The molecule has 2 nitrogen and oxygen atoms in total. The van der Waals surface area contributed by atoms with E-state index in [0.717, 1.165) is 12.8 Å². The Morgan fingerprint density at radius 3 is 1.20 bits per heavy atom. The second-order valence-corrected chi connectivity index (χ2v) is 20.6. The van der Waals surface area contributed by atoms with Crippen LogP contribution in [-0.2, 0) is 12.8 Å². The molecular weight excluding hydrogens is 681 g/mol. The molecule has 0 saturated heterocycles. The normalized spacial score (nSPS) is 13.1. The minimum atomic E-state index is -2.07. The second-order valence-electron chi connectivity index (χ2n) is 16.2. The van der Waals surface area contributed by atoms with Crippen LogP contribution >= 0.6 is 0 Å². The van der Waals surface area contributed by atoms with Crippen LogP contribution in [0.4, 0.5) is 0 Å². The number of aromatic nitrogens is 2. The summed E-state index contributed by atoms with van der Waals surface area (Å²) in [4.78, 5) is 0. The van der Waals surface area contributed by atoms with E-state index in [4.69, 9.17) is 0 Å². The van der Waals surface area contributed by atoms with Gasteiger partial charge in [-0.15, -0.1) is 0 Å². The van der Waals surface area contributed by atoms with Crippen molar-refractivity contribution in [3.63, 3.8) is 0 Å². The molecule has 0 bridgehead atoms. The third kappa shape index (κ3) is 4.42. The quantitative estimate of drug-likeness (QED) is 0.160. The van der Waals surface area contributed by atoms with Gasteiger partial charge in [0.05, 0.1) is 22.1 Å². The molecule has 2 aliphatic carbocycles. The van der Waals surface area contributed by atoms with Crippen molar-refractivity contribution in [2.45, 2.75) is 25.9 Å². The van der Waals surface area contributed by atoms with E-state index in [-0.39, 0.29) is 0 Å². The highest BCUT2D eigenvalue weighted by molar-refractivity contribution is 7.00. The lowest BCUT2D eigenvalue weighted by molar-refractivity contribution is 1.17. The van der Waals surface area contributed by atoms with Crippen molar-refractivity contribution >= 4 is 62.1 Å². The predicted molar refractivity (Wildman–Crippen MR) is 235 cm³/mol. The van der Waals surface area contributed by atoms with E-state index in [1.807, 2.05) is 0 Å². The van der Waals surface area contributed by atoms with E-state index in [1.165, 1.54) is 110 Å². The molecule has 55 heavy (non-hydrogen) atoms. The maximum atomic E-state index is 2.55. The maximum Gasteiger partial charge on any atom is 0.112 e. The zero-order valence-corrected chi connectivity index (χ0v) is 32.0. The fourth-order valence-electron chi connectivity index (χ4n) is 9.94. The van der Waals surface area contributed by atoms with Crippen LogP contribution in [0, 0.1) is 0 Å². The number of fused-ring (bicyclic) bond motifs is 12. The van der Waals surface area contributed by atoms with Gasteiger partial charge in [0.15, 0.2) is 0 Å². The topological polar surface area (TPSA) is 9.86 Å². The Kier molecular flexibility index (Phi) is 6.36. The Morgan fingerprint density at radius 2 is 0.745 bits per heavy atom. The van der Waals surface area contributed by atoms with Crippen molar-refractivity contribution in [2.24, 2.45) is 0 Å². The molecule has 0 aliphatic heterocycles. The monoisotopic (exact) mass is 718 g/mol. The summed E-state index contributed by atoms with van der Waals surface area (Å²) in [6.07, 6.45) is 1.95. The molecule has 2 aliphatic rings. The van der Waals surface area contributed by atoms with E-state index in [0.29, 0.717) is 0 Å². The molecule has 260 valence electrons. The van der Waals surface area contributed by atoms with E-state index in [2.05, 4.69) is 192 Å². The van der Waals surface area contributed by atoms with Crippen LogP contribution in [-0.4, -0.2) is 17.2 Å². The molecule has 10 aromatic rings. The number of benzene rings is 8. The maximum absolute atomic E-state index is 2.55. The van der Waals surface area contributed by atoms with Gasteiger partial charge in [0.25, 0.3) is 0 Å². The van der Waals surface area contributed by atoms with Gasteiger partial charge in [0, 0.05) is 32.9 Å². The summed E-state index contributed by atoms with van der Waals surface area (Å²) in [6, 6.07) is 64.1. The minimum absolute atomic E-state index is 0.976. The van der Waals surface area contributed by atoms with Gasteiger partial charge in [-0.3, -0.25) is 0 Å². The van der Waals surface area contributed by atoms with Gasteiger partial charge in [-0.1, -0.05) is 133 Å². The van der Waals surface area contributed by atoms with E-state index in [1.54, 1.807) is 0 Å². The SMILES string of the molecule is C[Si](C)(c1ccc2c(c1)-c1cc3c4ccccc4n(-c4ccccc4)c3cc1C2)c1ccc2c(c1)-c1cc3c4ccccc4n(-c4ccccc4)c3cc1C2. The summed E-state index contributed by atoms with van der Waals surface area (Å²) in [7, 11) is -2.07. The van der Waals surface area contributed by atoms with Gasteiger partial charge < -0.3 is 9.13 Å². The van der Waals surface area contributed by atoms with Crippen LogP contribution in [0.2, 0.25) is 13.1 Å². The summed E-state index contributed by atoms with van der Waals surface area (Å²) in [5.74, 6) is 0. The Hall–Kier alpha value is -6.42. The third-order valence-corrected chi connectivity index (χ3v) is 16.3. The molecule has 3 heteroatoms. The van der Waals surface area contributed by atoms with Crippen LogP contribution in [0.1, 0.15) is 22.3 Å². The van der Waals surface area contributed by atoms with Crippen LogP contribution in [0.25, 0.3) is 77.2 Å². The molecule has 0 unspecified atom stereocenters. The van der Waals surface area contributed by atoms with Gasteiger partial charge in [-0.25, -0.2) is 0 Å². The first-order valence-corrected chi connectivity index (χ1v) is 22.5. The molecule has 0 amide bonds. The van der Waals surface area contributed by atoms with Crippen molar-refractivity contribution in [3.8, 4) is 33.6 Å². The summed E-state index contributed by atoms with van der Waals surface area (Å²) >= 11 is 0. The van der Waals surface area contributed by atoms with Gasteiger partial charge in [0.1, 0.15) is 8.07 Å². The Bertz CT molecular complexity index is 3000. The summed E-state index contributed by atoms with van der Waals surface area (Å²) in [6.45, 7) is 5.07. The number of nitrogens with zero attached hydrogens (tertiary/aromatic N) is 2. The lowest BCUT2D eigenvalue weighted by Gasteiger charge is -2.25. The van der Waals surface area contributed by atoms with E-state index >= 15 is 0 Å². The van der Waals surface area contributed by atoms with Crippen LogP contribution < -0.4 is 10.4 Å². The van der Waals surface area contributed by atoms with E-state index in [9.17, 15) is 0 Å². The molecule has 0 fully saturated rings. The standard InChI is InChI=1S/C52H38N2Si/c1-55(2,39-23-21-33-25-35-27-51-47(31-45(35)43(33)29-39)41-17-9-11-19-49(41)53(51)37-13-5-3-6-14-37)40-24-22-34-26-36-28-52-48(32-46(36)44(34)30-40)42-18-10-12-20-50(42)54(52)38-15-7-4-8-16-38/h3-24,27-32H,25-26H2,1-2H3. The number of rotatable bonds is 4. The molecule has 2 aromatic heterocycles. The number of hydrogen-bond acceptors (Lipinski definition) is 0. The molecule has 0 saturated carbocycles. The Morgan fingerprint density at radius 1 is 0.345 bits per heavy atom. The molecule has 0 spiro atoms. The lowest BCUT2D eigenvalue weighted by Crippen LogP contribution is -2.52. The van der Waals surface area contributed by atoms with Gasteiger partial charge in [0.2, 0.25) is 0 Å². The smallest absolute Gasteiger partial charge is 0.112 e. The first kappa shape index (κ1) is 31.0. The molecule has 2 heterocycles. The number of para-hydroxylation sites is 4. The highest BCUT2D eigenvalue weighted by atomic mass is 28.3. The molecular formula is C52H38N2Si. The highest BCUT2D eigenvalue weighted by Gasteiger charge is 2.31. The van der Waals surface area contributed by atoms with Gasteiger partial charge in [-0.2, -0.15) is 0 Å². The largest absolute Gasteiger partial charge is 0.309 e. The fraction of sp³-hybridized carbons (Fsp3) is 0.0769. The van der Waals surface area contributed by atoms with Crippen molar-refractivity contribution in [3.05, 3.63) is 192 Å². The van der Waals surface area contributed by atoms with Crippen LogP contribution in [0.15, 0.2) is 170 Å². The van der Waals surface area contributed by atoms with Gasteiger partial charge >= 0.3 is 0 Å². The molecule has 0 atom stereocenters. The number of hydrogen-bond donors (Lipinski definition) is 0. The molecule has 12 rings (SSSR count). The Labute approximate surface area is 321 Å². The van der Waals surface area contributed by atoms with Crippen LogP contribution in [0.3, 0.4) is 0 Å². The molecule has 8 aromatic carbocycles. The first-order valence-electron chi connectivity index (χ1n) is 19.5. The highest BCUT2D eigenvalue weighted by Crippen LogP contribution is 2.44. The van der Waals surface area contributed by atoms with Crippen molar-refractivity contribution in [2.75, 3.05) is 0 Å². The zero-order chi connectivity index (χ0) is 36.4. The predicted octanol–water partition coefficient (Wildman–Crippen LogP) is 11.8. The van der Waals surface area contributed by atoms with Crippen LogP contribution in [0.5, 0.6) is 0 Å². The fourth-order valence-corrected chi connectivity index (χ4v) is 12.3. The van der Waals surface area contributed by atoms with Crippen molar-refractivity contribution in [1.82, 2.24) is 9.13 Å². The average Bonchev–Trinajstić information content (AvgIpc) is 3.96. The van der Waals surface area contributed by atoms with E-state index < -0.39 is 8.07 Å². The second kappa shape index (κ2) is 11.3. The van der Waals surface area contributed by atoms with Crippen molar-refractivity contribution < 1.29 is 0 Å². The Balaban J connectivity index is 0.961. The average molecular weight is 719 g/mol. The summed E-state index contributed by atoms with van der Waals surface area (Å²) in [5, 5.41) is 8.25. The summed E-state index contributed by atoms with van der Waals surface area (Å²) in [5.41, 5.74) is 18.8. The zero-order valence-electron chi connectivity index (χ0n) is 31.0. The van der Waals surface area contributed by atoms with Crippen molar-refractivity contribution in [1.29, 1.82) is 0 Å². The molecule has 0 radical (unpaired) electrons. The first-order chi connectivity index (χ1) is 27.0. The summed E-state index contributed by atoms with van der Waals surface area (Å²) < 4.78 is 4.88. The minimum Gasteiger partial charge on any atom is -0.309 e. The third-order valence-electron chi connectivity index (χ3n) is 12.8. The lowest BCUT2D eigenvalue weighted by atomic mass is 10.0. The molecule has 0 N–H and O–H groups in total.